The second-order valence-corrected chi connectivity index (χ2v) is 6.99. The number of pyridine rings is 1. The summed E-state index contributed by atoms with van der Waals surface area (Å²) in [6.45, 7) is 2.86. The average molecular weight is 379 g/mol. The highest BCUT2D eigenvalue weighted by Crippen LogP contribution is 2.25. The average Bonchev–Trinajstić information content (AvgIpc) is 3.17. The monoisotopic (exact) mass is 379 g/mol. The number of phenolic OH excluding ortho intramolecular Hbond substituents is 1. The zero-order chi connectivity index (χ0) is 19.7. The maximum Gasteiger partial charge on any atom is 0.252 e. The number of nitrogens with zero attached hydrogens (tertiary/aromatic N) is 3. The number of amides is 2. The molecule has 2 amide bonds. The van der Waals surface area contributed by atoms with Gasteiger partial charge in [-0.15, -0.1) is 0 Å². The fraction of sp³-hybridized carbons (Fsp3) is 0.300. The predicted molar refractivity (Wildman–Crippen MR) is 104 cm³/mol. The van der Waals surface area contributed by atoms with Crippen molar-refractivity contribution >= 4 is 22.8 Å². The maximum absolute atomic E-state index is 13.0. The number of H-pyrrole nitrogens is 1. The number of likely N-dealkylation sites (tertiary alicyclic amines) is 1. The van der Waals surface area contributed by atoms with E-state index < -0.39 is 0 Å². The van der Waals surface area contributed by atoms with Gasteiger partial charge in [0.1, 0.15) is 5.75 Å². The van der Waals surface area contributed by atoms with Crippen LogP contribution >= 0.6 is 0 Å². The largest absolute Gasteiger partial charge is 0.508 e. The number of nitrogens with one attached hydrogen (secondary N) is 2. The zero-order valence-electron chi connectivity index (χ0n) is 15.5. The number of carbonyl (C=O) groups excluding carboxylic acids is 2. The van der Waals surface area contributed by atoms with Crippen LogP contribution in [0.15, 0.2) is 36.5 Å². The molecule has 144 valence electrons. The highest BCUT2D eigenvalue weighted by molar-refractivity contribution is 6.06. The van der Waals surface area contributed by atoms with Crippen molar-refractivity contribution in [3.8, 4) is 17.0 Å². The Hall–Kier alpha value is -3.42. The normalized spacial score (nSPS) is 15.0. The molecule has 3 N–H and O–H groups in total. The minimum Gasteiger partial charge on any atom is -0.508 e. The molecule has 1 aliphatic rings. The van der Waals surface area contributed by atoms with E-state index in [2.05, 4.69) is 20.5 Å². The molecule has 28 heavy (non-hydrogen) atoms. The van der Waals surface area contributed by atoms with E-state index in [-0.39, 0.29) is 23.6 Å². The van der Waals surface area contributed by atoms with E-state index in [0.717, 1.165) is 18.4 Å². The fourth-order valence-corrected chi connectivity index (χ4v) is 3.50. The van der Waals surface area contributed by atoms with Crippen LogP contribution in [-0.2, 0) is 4.79 Å². The second kappa shape index (κ2) is 7.30. The Morgan fingerprint density at radius 3 is 2.61 bits per heavy atom. The number of hydrogen-bond acceptors (Lipinski definition) is 5. The van der Waals surface area contributed by atoms with Gasteiger partial charge in [-0.25, -0.2) is 4.98 Å². The molecule has 8 heteroatoms. The Balaban J connectivity index is 1.59. The van der Waals surface area contributed by atoms with Crippen LogP contribution in [0.4, 0.5) is 0 Å². The number of aromatic amines is 1. The van der Waals surface area contributed by atoms with Gasteiger partial charge in [-0.2, -0.15) is 5.10 Å². The van der Waals surface area contributed by atoms with Gasteiger partial charge in [0, 0.05) is 31.6 Å². The van der Waals surface area contributed by atoms with Crippen molar-refractivity contribution in [1.29, 1.82) is 0 Å². The number of fused-ring (bicyclic) bond motifs is 1. The van der Waals surface area contributed by atoms with Gasteiger partial charge in [0.15, 0.2) is 5.65 Å². The first-order valence-corrected chi connectivity index (χ1v) is 9.21. The van der Waals surface area contributed by atoms with Gasteiger partial charge < -0.3 is 15.3 Å². The molecule has 1 aliphatic heterocycles. The first kappa shape index (κ1) is 18.0. The number of rotatable bonds is 3. The van der Waals surface area contributed by atoms with E-state index >= 15 is 0 Å². The van der Waals surface area contributed by atoms with Crippen LogP contribution in [-0.4, -0.2) is 56.1 Å². The first-order valence-electron chi connectivity index (χ1n) is 9.21. The highest BCUT2D eigenvalue weighted by Gasteiger charge is 2.24. The van der Waals surface area contributed by atoms with Crippen molar-refractivity contribution in [3.05, 3.63) is 42.1 Å². The summed E-state index contributed by atoms with van der Waals surface area (Å²) >= 11 is 0. The molecule has 4 rings (SSSR count). The van der Waals surface area contributed by atoms with Gasteiger partial charge in [-0.1, -0.05) is 0 Å². The Kier molecular flexibility index (Phi) is 4.68. The van der Waals surface area contributed by atoms with Crippen LogP contribution in [0.5, 0.6) is 5.75 Å². The van der Waals surface area contributed by atoms with Gasteiger partial charge in [0.25, 0.3) is 5.91 Å². The minimum absolute atomic E-state index is 0.0235. The van der Waals surface area contributed by atoms with E-state index in [9.17, 15) is 14.7 Å². The van der Waals surface area contributed by atoms with E-state index in [4.69, 9.17) is 0 Å². The number of phenols is 1. The van der Waals surface area contributed by atoms with Crippen LogP contribution in [0.1, 0.15) is 30.1 Å². The minimum atomic E-state index is -0.185. The number of hydrogen-bond donors (Lipinski definition) is 3. The Labute approximate surface area is 161 Å². The van der Waals surface area contributed by atoms with Crippen molar-refractivity contribution < 1.29 is 14.7 Å². The predicted octanol–water partition coefficient (Wildman–Crippen LogP) is 2.07. The third-order valence-electron chi connectivity index (χ3n) is 5.11. The van der Waals surface area contributed by atoms with Crippen LogP contribution in [0.25, 0.3) is 22.3 Å². The second-order valence-electron chi connectivity index (χ2n) is 6.99. The molecule has 1 aromatic carbocycles. The third-order valence-corrected chi connectivity index (χ3v) is 5.11. The number of carbonyl (C=O) groups is 2. The molecule has 0 spiro atoms. The molecule has 1 saturated heterocycles. The summed E-state index contributed by atoms with van der Waals surface area (Å²) in [5.41, 5.74) is 2.43. The Morgan fingerprint density at radius 2 is 1.93 bits per heavy atom. The Morgan fingerprint density at radius 1 is 1.21 bits per heavy atom. The van der Waals surface area contributed by atoms with E-state index in [1.807, 2.05) is 0 Å². The van der Waals surface area contributed by atoms with Gasteiger partial charge in [0.2, 0.25) is 5.91 Å². The lowest BCUT2D eigenvalue weighted by Crippen LogP contribution is -2.46. The SMILES string of the molecule is CC(=O)N1CCC(NC(=O)c2cc(-c3ccc(O)cc3)nc3[nH]ncc23)CC1. The van der Waals surface area contributed by atoms with Crippen LogP contribution in [0.3, 0.4) is 0 Å². The summed E-state index contributed by atoms with van der Waals surface area (Å²) in [7, 11) is 0. The highest BCUT2D eigenvalue weighted by atomic mass is 16.3. The molecule has 0 bridgehead atoms. The number of aromatic hydroxyl groups is 1. The molecule has 0 unspecified atom stereocenters. The smallest absolute Gasteiger partial charge is 0.252 e. The summed E-state index contributed by atoms with van der Waals surface area (Å²) in [5.74, 6) is 0.0499. The first-order chi connectivity index (χ1) is 13.5. The molecule has 1 fully saturated rings. The van der Waals surface area contributed by atoms with Crippen LogP contribution in [0, 0.1) is 0 Å². The molecule has 8 nitrogen and oxygen atoms in total. The molecular weight excluding hydrogens is 358 g/mol. The van der Waals surface area contributed by atoms with Crippen molar-refractivity contribution in [2.45, 2.75) is 25.8 Å². The van der Waals surface area contributed by atoms with Crippen LogP contribution < -0.4 is 5.32 Å². The van der Waals surface area contributed by atoms with Crippen LogP contribution in [0.2, 0.25) is 0 Å². The lowest BCUT2D eigenvalue weighted by molar-refractivity contribution is -0.129. The molecule has 0 atom stereocenters. The van der Waals surface area contributed by atoms with Gasteiger partial charge in [-0.3, -0.25) is 14.7 Å². The number of benzene rings is 1. The topological polar surface area (TPSA) is 111 Å². The lowest BCUT2D eigenvalue weighted by Gasteiger charge is -2.31. The van der Waals surface area contributed by atoms with Gasteiger partial charge >= 0.3 is 0 Å². The molecule has 3 heterocycles. The van der Waals surface area contributed by atoms with E-state index in [0.29, 0.717) is 35.4 Å². The molecule has 0 saturated carbocycles. The summed E-state index contributed by atoms with van der Waals surface area (Å²) < 4.78 is 0. The molecule has 2 aromatic heterocycles. The van der Waals surface area contributed by atoms with Crippen molar-refractivity contribution in [1.82, 2.24) is 25.4 Å². The molecule has 0 aliphatic carbocycles. The van der Waals surface area contributed by atoms with E-state index in [1.54, 1.807) is 48.4 Å². The zero-order valence-corrected chi connectivity index (χ0v) is 15.5. The summed E-state index contributed by atoms with van der Waals surface area (Å²) in [4.78, 5) is 30.8. The van der Waals surface area contributed by atoms with E-state index in [1.165, 1.54) is 0 Å². The van der Waals surface area contributed by atoms with Gasteiger partial charge in [0.05, 0.1) is 22.8 Å². The van der Waals surface area contributed by atoms with Crippen molar-refractivity contribution in [2.24, 2.45) is 0 Å². The Bertz CT molecular complexity index is 1020. The lowest BCUT2D eigenvalue weighted by atomic mass is 10.0. The standard InChI is InChI=1S/C20H21N5O3/c1-12(26)25-8-6-14(7-9-25)22-20(28)16-10-18(13-2-4-15(27)5-3-13)23-19-17(16)11-21-24-19/h2-5,10-11,14,27H,6-9H2,1H3,(H,22,28)(H,21,23,24). The molecule has 3 aromatic rings. The molecular formula is C20H21N5O3. The quantitative estimate of drug-likeness (QED) is 0.645. The van der Waals surface area contributed by atoms with Crippen molar-refractivity contribution in [3.63, 3.8) is 0 Å². The number of aromatic nitrogens is 3. The summed E-state index contributed by atoms with van der Waals surface area (Å²) in [6.07, 6.45) is 3.06. The summed E-state index contributed by atoms with van der Waals surface area (Å²) in [6, 6.07) is 8.42. The summed E-state index contributed by atoms with van der Waals surface area (Å²) in [5, 5.41) is 20.1. The maximum atomic E-state index is 13.0. The van der Waals surface area contributed by atoms with Gasteiger partial charge in [-0.05, 0) is 43.2 Å². The third kappa shape index (κ3) is 3.53. The molecule has 0 radical (unpaired) electrons. The fourth-order valence-electron chi connectivity index (χ4n) is 3.50. The van der Waals surface area contributed by atoms with Crippen molar-refractivity contribution in [2.75, 3.05) is 13.1 Å². The number of piperidine rings is 1.